The summed E-state index contributed by atoms with van der Waals surface area (Å²) in [5, 5.41) is 15.2. The van der Waals surface area contributed by atoms with Gasteiger partial charge >= 0.3 is 18.0 Å². The highest BCUT2D eigenvalue weighted by molar-refractivity contribution is 6.30. The Hall–Kier alpha value is -3.08. The second kappa shape index (κ2) is 10.9. The van der Waals surface area contributed by atoms with Crippen LogP contribution in [0.1, 0.15) is 6.92 Å². The lowest BCUT2D eigenvalue weighted by Gasteiger charge is -2.34. The van der Waals surface area contributed by atoms with Gasteiger partial charge in [0, 0.05) is 38.4 Å². The third-order valence-corrected chi connectivity index (χ3v) is 3.82. The Morgan fingerprint density at radius 1 is 1.04 bits per heavy atom. The van der Waals surface area contributed by atoms with Crippen LogP contribution in [-0.2, 0) is 25.7 Å². The van der Waals surface area contributed by atoms with E-state index in [1.807, 2.05) is 0 Å². The molecule has 1 aliphatic heterocycles. The first-order chi connectivity index (χ1) is 13.1. The maximum atomic E-state index is 12.2. The van der Waals surface area contributed by atoms with Gasteiger partial charge < -0.3 is 29.3 Å². The van der Waals surface area contributed by atoms with Crippen LogP contribution in [0.3, 0.4) is 0 Å². The van der Waals surface area contributed by atoms with Gasteiger partial charge in [0.15, 0.2) is 0 Å². The fourth-order valence-electron chi connectivity index (χ4n) is 2.22. The van der Waals surface area contributed by atoms with E-state index in [9.17, 15) is 14.4 Å². The number of ether oxygens (including phenoxy) is 1. The number of aliphatic carboxylic acids is 2. The second-order valence-electron chi connectivity index (χ2n) is 5.49. The van der Waals surface area contributed by atoms with Gasteiger partial charge in [0.1, 0.15) is 6.54 Å². The molecule has 12 heteroatoms. The van der Waals surface area contributed by atoms with Crippen molar-refractivity contribution in [3.05, 3.63) is 33.7 Å². The van der Waals surface area contributed by atoms with Crippen molar-refractivity contribution in [3.8, 4) is 0 Å². The molecule has 2 amide bonds. The summed E-state index contributed by atoms with van der Waals surface area (Å²) >= 11 is 5.83. The van der Waals surface area contributed by atoms with Crippen molar-refractivity contribution in [2.75, 3.05) is 32.8 Å². The topological polar surface area (TPSA) is 146 Å². The normalized spacial score (nSPS) is 13.2. The number of piperazine rings is 1. The fraction of sp³-hybridized carbons (Fsp3) is 0.438. The zero-order valence-corrected chi connectivity index (χ0v) is 15.8. The monoisotopic (exact) mass is 417 g/mol. The number of halogens is 1. The maximum Gasteiger partial charge on any atom is 0.414 e. The molecule has 0 atom stereocenters. The van der Waals surface area contributed by atoms with Gasteiger partial charge in [-0.25, -0.2) is 14.4 Å². The molecule has 11 nitrogen and oxygen atoms in total. The molecule has 1 aliphatic rings. The van der Waals surface area contributed by atoms with Crippen molar-refractivity contribution in [1.29, 1.82) is 0 Å². The number of nitrogens with zero attached hydrogens (tertiary/aromatic N) is 3. The number of carboxylic acid groups (broad SMARTS) is 2. The Kier molecular flexibility index (Phi) is 8.96. The molecule has 2 heterocycles. The van der Waals surface area contributed by atoms with E-state index in [-0.39, 0.29) is 24.1 Å². The van der Waals surface area contributed by atoms with E-state index in [4.69, 9.17) is 36.1 Å². The lowest BCUT2D eigenvalue weighted by molar-refractivity contribution is -0.159. The molecule has 0 spiro atoms. The summed E-state index contributed by atoms with van der Waals surface area (Å²) in [5.74, 6) is -3.82. The van der Waals surface area contributed by atoms with Crippen LogP contribution in [0.2, 0.25) is 5.02 Å². The number of rotatable bonds is 3. The lowest BCUT2D eigenvalue weighted by Crippen LogP contribution is -2.51. The van der Waals surface area contributed by atoms with Crippen molar-refractivity contribution in [1.82, 2.24) is 14.4 Å². The van der Waals surface area contributed by atoms with Crippen LogP contribution in [0.15, 0.2) is 23.1 Å². The van der Waals surface area contributed by atoms with E-state index in [1.54, 1.807) is 16.7 Å². The quantitative estimate of drug-likeness (QED) is 0.651. The molecule has 0 saturated carbocycles. The summed E-state index contributed by atoms with van der Waals surface area (Å²) in [7, 11) is 0. The van der Waals surface area contributed by atoms with Gasteiger partial charge in [-0.15, -0.1) is 0 Å². The number of amides is 2. The third kappa shape index (κ3) is 7.27. The summed E-state index contributed by atoms with van der Waals surface area (Å²) in [4.78, 5) is 56.9. The number of carboxylic acids is 2. The molecule has 28 heavy (non-hydrogen) atoms. The lowest BCUT2D eigenvalue weighted by atomic mass is 10.3. The van der Waals surface area contributed by atoms with E-state index in [0.717, 1.165) is 0 Å². The standard InChI is InChI=1S/C14H18ClN3O4.C2H2O4/c1-2-22-14(21)17-7-5-16(6-8-17)13(20)10-18-9-11(15)3-4-12(18)19;3-1(4)2(5)6/h3-4,9H,2,5-8,10H2,1H3;(H,3,4)(H,5,6). The molecule has 1 fully saturated rings. The van der Waals surface area contributed by atoms with Crippen molar-refractivity contribution in [3.63, 3.8) is 0 Å². The minimum atomic E-state index is -1.82. The Morgan fingerprint density at radius 2 is 1.57 bits per heavy atom. The highest BCUT2D eigenvalue weighted by Gasteiger charge is 2.24. The van der Waals surface area contributed by atoms with Gasteiger partial charge in [-0.05, 0) is 13.0 Å². The summed E-state index contributed by atoms with van der Waals surface area (Å²) in [5.41, 5.74) is -0.275. The second-order valence-corrected chi connectivity index (χ2v) is 5.93. The number of hydrogen-bond acceptors (Lipinski definition) is 6. The van der Waals surface area contributed by atoms with Crippen molar-refractivity contribution < 1.29 is 34.1 Å². The molecule has 2 rings (SSSR count). The van der Waals surface area contributed by atoms with E-state index < -0.39 is 11.9 Å². The minimum absolute atomic E-state index is 0.0567. The summed E-state index contributed by atoms with van der Waals surface area (Å²) in [6.45, 7) is 3.72. The molecule has 0 aliphatic carbocycles. The van der Waals surface area contributed by atoms with Crippen molar-refractivity contribution in [2.45, 2.75) is 13.5 Å². The largest absolute Gasteiger partial charge is 0.473 e. The van der Waals surface area contributed by atoms with Gasteiger partial charge in [-0.2, -0.15) is 0 Å². The molecule has 1 aromatic rings. The van der Waals surface area contributed by atoms with Crippen LogP contribution < -0.4 is 5.56 Å². The van der Waals surface area contributed by atoms with E-state index in [2.05, 4.69) is 0 Å². The van der Waals surface area contributed by atoms with Gasteiger partial charge in [0.2, 0.25) is 5.91 Å². The molecular weight excluding hydrogens is 398 g/mol. The number of aromatic nitrogens is 1. The molecule has 0 radical (unpaired) electrons. The maximum absolute atomic E-state index is 12.2. The molecule has 0 aromatic carbocycles. The highest BCUT2D eigenvalue weighted by atomic mass is 35.5. The zero-order valence-electron chi connectivity index (χ0n) is 15.0. The minimum Gasteiger partial charge on any atom is -0.473 e. The summed E-state index contributed by atoms with van der Waals surface area (Å²) < 4.78 is 6.21. The average molecular weight is 418 g/mol. The molecule has 1 aromatic heterocycles. The van der Waals surface area contributed by atoms with E-state index >= 15 is 0 Å². The predicted molar refractivity (Wildman–Crippen MR) is 96.2 cm³/mol. The Balaban J connectivity index is 0.000000568. The Labute approximate surface area is 164 Å². The fourth-order valence-corrected chi connectivity index (χ4v) is 2.41. The smallest absolute Gasteiger partial charge is 0.414 e. The molecule has 2 N–H and O–H groups in total. The van der Waals surface area contributed by atoms with Gasteiger partial charge in [-0.3, -0.25) is 9.59 Å². The van der Waals surface area contributed by atoms with Gasteiger partial charge in [0.25, 0.3) is 5.56 Å². The first-order valence-corrected chi connectivity index (χ1v) is 8.55. The number of pyridine rings is 1. The Morgan fingerprint density at radius 3 is 2.07 bits per heavy atom. The van der Waals surface area contributed by atoms with Crippen LogP contribution in [0.5, 0.6) is 0 Å². The number of hydrogen-bond donors (Lipinski definition) is 2. The molecule has 1 saturated heterocycles. The van der Waals surface area contributed by atoms with Crippen molar-refractivity contribution >= 4 is 35.5 Å². The van der Waals surface area contributed by atoms with Crippen LogP contribution in [-0.4, -0.2) is 81.3 Å². The Bertz CT molecular complexity index is 774. The molecule has 0 bridgehead atoms. The predicted octanol–water partition coefficient (Wildman–Crippen LogP) is -0.0420. The van der Waals surface area contributed by atoms with Crippen LogP contribution in [0, 0.1) is 0 Å². The summed E-state index contributed by atoms with van der Waals surface area (Å²) in [6, 6.07) is 2.82. The third-order valence-electron chi connectivity index (χ3n) is 3.59. The molecule has 0 unspecified atom stereocenters. The first kappa shape index (κ1) is 23.0. The van der Waals surface area contributed by atoms with Gasteiger partial charge in [0.05, 0.1) is 11.6 Å². The first-order valence-electron chi connectivity index (χ1n) is 8.17. The molecular formula is C16H20ClN3O8. The van der Waals surface area contributed by atoms with Crippen LogP contribution >= 0.6 is 11.6 Å². The van der Waals surface area contributed by atoms with E-state index in [1.165, 1.54) is 22.9 Å². The highest BCUT2D eigenvalue weighted by Crippen LogP contribution is 2.07. The van der Waals surface area contributed by atoms with E-state index in [0.29, 0.717) is 37.8 Å². The molecule has 154 valence electrons. The van der Waals surface area contributed by atoms with Crippen LogP contribution in [0.4, 0.5) is 4.79 Å². The number of carbonyl (C=O) groups excluding carboxylic acids is 2. The van der Waals surface area contributed by atoms with Gasteiger partial charge in [-0.1, -0.05) is 11.6 Å². The SMILES string of the molecule is CCOC(=O)N1CCN(C(=O)Cn2cc(Cl)ccc2=O)CC1.O=C(O)C(=O)O. The number of carbonyl (C=O) groups is 4. The summed E-state index contributed by atoms with van der Waals surface area (Å²) in [6.07, 6.45) is 1.08. The van der Waals surface area contributed by atoms with Crippen LogP contribution in [0.25, 0.3) is 0 Å². The zero-order chi connectivity index (χ0) is 21.3. The van der Waals surface area contributed by atoms with Crippen molar-refractivity contribution in [2.24, 2.45) is 0 Å². The average Bonchev–Trinajstić information content (AvgIpc) is 2.65.